The number of fused-ring (bicyclic) bond motifs is 1. The molecule has 1 aromatic carbocycles. The zero-order valence-corrected chi connectivity index (χ0v) is 12.8. The highest BCUT2D eigenvalue weighted by Crippen LogP contribution is 2.31. The molecule has 0 fully saturated rings. The highest BCUT2D eigenvalue weighted by Gasteiger charge is 2.23. The summed E-state index contributed by atoms with van der Waals surface area (Å²) in [7, 11) is 0. The third-order valence-electron chi connectivity index (χ3n) is 3.55. The molecule has 2 aromatic rings. The van der Waals surface area contributed by atoms with E-state index in [-0.39, 0.29) is 17.6 Å². The molecule has 8 heteroatoms. The summed E-state index contributed by atoms with van der Waals surface area (Å²) in [6.07, 6.45) is 3.33. The lowest BCUT2D eigenvalue weighted by molar-refractivity contribution is -0.125. The SMILES string of the molecule is Nc1nccnc1C(=O)OCC(=O)NC1CCOc2ccccc21. The molecule has 1 amide bonds. The van der Waals surface area contributed by atoms with Gasteiger partial charge in [-0.15, -0.1) is 0 Å². The average Bonchev–Trinajstić information content (AvgIpc) is 2.60. The fourth-order valence-corrected chi connectivity index (χ4v) is 2.43. The summed E-state index contributed by atoms with van der Waals surface area (Å²) in [5, 5.41) is 2.83. The van der Waals surface area contributed by atoms with Crippen LogP contribution in [0.4, 0.5) is 5.82 Å². The summed E-state index contributed by atoms with van der Waals surface area (Å²) in [6, 6.07) is 7.32. The minimum atomic E-state index is -0.789. The molecule has 0 saturated carbocycles. The van der Waals surface area contributed by atoms with Crippen LogP contribution in [-0.4, -0.2) is 35.1 Å². The molecule has 2 heterocycles. The van der Waals surface area contributed by atoms with Gasteiger partial charge in [-0.25, -0.2) is 14.8 Å². The van der Waals surface area contributed by atoms with Gasteiger partial charge in [0.1, 0.15) is 5.75 Å². The Bertz CT molecular complexity index is 765. The molecule has 0 radical (unpaired) electrons. The van der Waals surface area contributed by atoms with Crippen LogP contribution < -0.4 is 15.8 Å². The van der Waals surface area contributed by atoms with E-state index < -0.39 is 18.5 Å². The molecule has 3 N–H and O–H groups in total. The van der Waals surface area contributed by atoms with E-state index in [1.165, 1.54) is 12.4 Å². The molecule has 1 atom stereocenters. The fraction of sp³-hybridized carbons (Fsp3) is 0.250. The number of nitrogens with one attached hydrogen (secondary N) is 1. The first-order chi connectivity index (χ1) is 11.6. The zero-order chi connectivity index (χ0) is 16.9. The molecule has 1 aromatic heterocycles. The molecule has 0 bridgehead atoms. The third kappa shape index (κ3) is 3.43. The van der Waals surface area contributed by atoms with Gasteiger partial charge in [0.25, 0.3) is 5.91 Å². The van der Waals surface area contributed by atoms with Crippen LogP contribution >= 0.6 is 0 Å². The molecule has 3 rings (SSSR count). The van der Waals surface area contributed by atoms with Gasteiger partial charge in [-0.2, -0.15) is 0 Å². The Balaban J connectivity index is 1.57. The molecule has 124 valence electrons. The second-order valence-electron chi connectivity index (χ2n) is 5.16. The van der Waals surface area contributed by atoms with Gasteiger partial charge in [0.05, 0.1) is 12.6 Å². The van der Waals surface area contributed by atoms with E-state index in [0.717, 1.165) is 11.3 Å². The molecular weight excluding hydrogens is 312 g/mol. The van der Waals surface area contributed by atoms with Gasteiger partial charge in [-0.3, -0.25) is 4.79 Å². The van der Waals surface area contributed by atoms with Crippen LogP contribution in [0.25, 0.3) is 0 Å². The van der Waals surface area contributed by atoms with E-state index in [1.54, 1.807) is 0 Å². The van der Waals surface area contributed by atoms with Crippen LogP contribution in [0, 0.1) is 0 Å². The van der Waals surface area contributed by atoms with Gasteiger partial charge in [0.15, 0.2) is 18.1 Å². The molecule has 1 unspecified atom stereocenters. The number of hydrogen-bond donors (Lipinski definition) is 2. The minimum absolute atomic E-state index is 0.0405. The number of carbonyl (C=O) groups is 2. The van der Waals surface area contributed by atoms with Crippen molar-refractivity contribution in [2.45, 2.75) is 12.5 Å². The smallest absolute Gasteiger partial charge is 0.361 e. The van der Waals surface area contributed by atoms with Gasteiger partial charge in [-0.1, -0.05) is 18.2 Å². The molecule has 0 saturated heterocycles. The Morgan fingerprint density at radius 2 is 2.08 bits per heavy atom. The molecule has 24 heavy (non-hydrogen) atoms. The van der Waals surface area contributed by atoms with E-state index in [4.69, 9.17) is 15.2 Å². The van der Waals surface area contributed by atoms with E-state index >= 15 is 0 Å². The van der Waals surface area contributed by atoms with E-state index in [1.807, 2.05) is 24.3 Å². The highest BCUT2D eigenvalue weighted by atomic mass is 16.5. The van der Waals surface area contributed by atoms with E-state index in [9.17, 15) is 9.59 Å². The predicted octanol–water partition coefficient (Wildman–Crippen LogP) is 0.856. The topological polar surface area (TPSA) is 116 Å². The van der Waals surface area contributed by atoms with Crippen LogP contribution in [-0.2, 0) is 9.53 Å². The third-order valence-corrected chi connectivity index (χ3v) is 3.55. The number of esters is 1. The first kappa shape index (κ1) is 15.7. The van der Waals surface area contributed by atoms with E-state index in [2.05, 4.69) is 15.3 Å². The number of anilines is 1. The standard InChI is InChI=1S/C16H16N4O4/c17-15-14(18-6-7-19-15)16(22)24-9-13(21)20-11-5-8-23-12-4-2-1-3-10(11)12/h1-4,6-7,11H,5,8-9H2,(H2,17,19)(H,20,21). The van der Waals surface area contributed by atoms with Crippen molar-refractivity contribution in [2.24, 2.45) is 0 Å². The number of nitrogen functional groups attached to an aromatic ring is 1. The number of carbonyl (C=O) groups excluding carboxylic acids is 2. The van der Waals surface area contributed by atoms with Crippen molar-refractivity contribution in [3.8, 4) is 5.75 Å². The summed E-state index contributed by atoms with van der Waals surface area (Å²) in [5.74, 6) is -0.490. The Morgan fingerprint density at radius 1 is 1.29 bits per heavy atom. The van der Waals surface area contributed by atoms with Crippen LogP contribution in [0.1, 0.15) is 28.5 Å². The number of para-hydroxylation sites is 1. The quantitative estimate of drug-likeness (QED) is 0.799. The van der Waals surface area contributed by atoms with Gasteiger partial charge in [0, 0.05) is 24.4 Å². The maximum absolute atomic E-state index is 12.0. The molecular formula is C16H16N4O4. The normalized spacial score (nSPS) is 15.8. The Kier molecular flexibility index (Phi) is 4.55. The lowest BCUT2D eigenvalue weighted by Crippen LogP contribution is -2.35. The second kappa shape index (κ2) is 6.95. The van der Waals surface area contributed by atoms with Gasteiger partial charge >= 0.3 is 5.97 Å². The lowest BCUT2D eigenvalue weighted by atomic mass is 10.0. The number of nitrogens with zero attached hydrogens (tertiary/aromatic N) is 2. The summed E-state index contributed by atoms with van der Waals surface area (Å²) >= 11 is 0. The highest BCUT2D eigenvalue weighted by molar-refractivity contribution is 5.93. The largest absolute Gasteiger partial charge is 0.493 e. The van der Waals surface area contributed by atoms with Crippen molar-refractivity contribution >= 4 is 17.7 Å². The number of nitrogens with two attached hydrogens (primary N) is 1. The van der Waals surface area contributed by atoms with Crippen molar-refractivity contribution < 1.29 is 19.1 Å². The van der Waals surface area contributed by atoms with Crippen LogP contribution in [0.3, 0.4) is 0 Å². The van der Waals surface area contributed by atoms with Gasteiger partial charge in [-0.05, 0) is 6.07 Å². The fourth-order valence-electron chi connectivity index (χ4n) is 2.43. The number of ether oxygens (including phenoxy) is 2. The first-order valence-corrected chi connectivity index (χ1v) is 7.40. The predicted molar refractivity (Wildman–Crippen MR) is 84.2 cm³/mol. The average molecular weight is 328 g/mol. The molecule has 0 spiro atoms. The molecule has 8 nitrogen and oxygen atoms in total. The molecule has 1 aliphatic heterocycles. The van der Waals surface area contributed by atoms with Crippen LogP contribution in [0.5, 0.6) is 5.75 Å². The van der Waals surface area contributed by atoms with Crippen LogP contribution in [0.15, 0.2) is 36.7 Å². The zero-order valence-electron chi connectivity index (χ0n) is 12.8. The maximum Gasteiger partial charge on any atom is 0.361 e. The van der Waals surface area contributed by atoms with Crippen molar-refractivity contribution in [2.75, 3.05) is 18.9 Å². The number of rotatable bonds is 4. The number of benzene rings is 1. The Hall–Kier alpha value is -3.16. The molecule has 1 aliphatic rings. The lowest BCUT2D eigenvalue weighted by Gasteiger charge is -2.26. The van der Waals surface area contributed by atoms with Gasteiger partial charge < -0.3 is 20.5 Å². The first-order valence-electron chi connectivity index (χ1n) is 7.40. The minimum Gasteiger partial charge on any atom is -0.493 e. The number of hydrogen-bond acceptors (Lipinski definition) is 7. The summed E-state index contributed by atoms with van der Waals surface area (Å²) in [5.41, 5.74) is 6.34. The summed E-state index contributed by atoms with van der Waals surface area (Å²) in [6.45, 7) is 0.0895. The van der Waals surface area contributed by atoms with Crippen molar-refractivity contribution in [1.29, 1.82) is 0 Å². The van der Waals surface area contributed by atoms with Gasteiger partial charge in [0.2, 0.25) is 0 Å². The van der Waals surface area contributed by atoms with E-state index in [0.29, 0.717) is 13.0 Å². The summed E-state index contributed by atoms with van der Waals surface area (Å²) < 4.78 is 10.5. The van der Waals surface area contributed by atoms with Crippen molar-refractivity contribution in [3.63, 3.8) is 0 Å². The second-order valence-corrected chi connectivity index (χ2v) is 5.16. The maximum atomic E-state index is 12.0. The number of aromatic nitrogens is 2. The van der Waals surface area contributed by atoms with Crippen LogP contribution in [0.2, 0.25) is 0 Å². The van der Waals surface area contributed by atoms with Crippen molar-refractivity contribution in [1.82, 2.24) is 15.3 Å². The number of amides is 1. The molecule has 0 aliphatic carbocycles. The van der Waals surface area contributed by atoms with Crippen molar-refractivity contribution in [3.05, 3.63) is 47.9 Å². The Labute approximate surface area is 138 Å². The Morgan fingerprint density at radius 3 is 2.92 bits per heavy atom. The monoisotopic (exact) mass is 328 g/mol. The summed E-state index contributed by atoms with van der Waals surface area (Å²) in [4.78, 5) is 31.4.